The van der Waals surface area contributed by atoms with E-state index in [-0.39, 0.29) is 12.1 Å². The van der Waals surface area contributed by atoms with Gasteiger partial charge in [0.15, 0.2) is 0 Å². The topological polar surface area (TPSA) is 133 Å². The molecule has 3 N–H and O–H groups in total. The first kappa shape index (κ1) is 24.8. The molecule has 2 aliphatic heterocycles. The first-order valence-electron chi connectivity index (χ1n) is 9.84. The Morgan fingerprint density at radius 2 is 1.94 bits per heavy atom. The van der Waals surface area contributed by atoms with Crippen LogP contribution in [0.4, 0.5) is 13.2 Å². The molecule has 4 atom stereocenters. The smallest absolute Gasteiger partial charge is 0.481 e. The molecule has 2 fully saturated rings. The van der Waals surface area contributed by atoms with Crippen LogP contribution in [0, 0.1) is 11.8 Å². The number of carboxylic acids is 2. The number of carbonyl (C=O) groups is 4. The summed E-state index contributed by atoms with van der Waals surface area (Å²) in [6.45, 7) is 0.0260. The Kier molecular flexibility index (Phi) is 6.93. The van der Waals surface area contributed by atoms with Gasteiger partial charge in [0.25, 0.3) is 0 Å². The highest BCUT2D eigenvalue weighted by molar-refractivity contribution is 7.98. The molecule has 2 heterocycles. The lowest BCUT2D eigenvalue weighted by molar-refractivity contribution is -0.274. The molecule has 9 nitrogen and oxygen atoms in total. The number of carbonyl (C=O) groups excluding carboxylic acids is 2. The van der Waals surface area contributed by atoms with Gasteiger partial charge >= 0.3 is 18.3 Å². The number of likely N-dealkylation sites (tertiary alicyclic amines) is 1. The number of carboxylic acid groups (broad SMARTS) is 2. The van der Waals surface area contributed by atoms with E-state index in [0.29, 0.717) is 12.2 Å². The minimum absolute atomic E-state index is 0.0260. The number of rotatable bonds is 9. The lowest BCUT2D eigenvalue weighted by Crippen LogP contribution is -2.57. The molecule has 0 saturated carbocycles. The second-order valence-corrected chi connectivity index (χ2v) is 8.75. The highest BCUT2D eigenvalue weighted by Gasteiger charge is 2.69. The van der Waals surface area contributed by atoms with Gasteiger partial charge in [-0.15, -0.1) is 13.2 Å². The predicted molar refractivity (Wildman–Crippen MR) is 108 cm³/mol. The van der Waals surface area contributed by atoms with E-state index in [2.05, 4.69) is 10.1 Å². The van der Waals surface area contributed by atoms with Crippen LogP contribution in [-0.4, -0.2) is 69.3 Å². The number of aliphatic carboxylic acids is 2. The summed E-state index contributed by atoms with van der Waals surface area (Å²) >= 11 is 1.49. The molecule has 2 amide bonds. The number of hydrogen-bond donors (Lipinski definition) is 3. The van der Waals surface area contributed by atoms with E-state index >= 15 is 0 Å². The van der Waals surface area contributed by atoms with Crippen LogP contribution in [0.25, 0.3) is 0 Å². The summed E-state index contributed by atoms with van der Waals surface area (Å²) in [5.74, 6) is -7.47. The molecule has 3 rings (SSSR count). The van der Waals surface area contributed by atoms with E-state index in [4.69, 9.17) is 0 Å². The molecule has 1 aromatic rings. The van der Waals surface area contributed by atoms with Crippen molar-refractivity contribution in [3.8, 4) is 5.75 Å². The van der Waals surface area contributed by atoms with Gasteiger partial charge in [0.2, 0.25) is 11.8 Å². The summed E-state index contributed by atoms with van der Waals surface area (Å²) in [4.78, 5) is 51.1. The average molecular weight is 490 g/mol. The first-order valence-corrected chi connectivity index (χ1v) is 11.2. The van der Waals surface area contributed by atoms with Crippen molar-refractivity contribution in [2.24, 2.45) is 11.8 Å². The monoisotopic (exact) mass is 490 g/mol. The molecular formula is C20H21F3N2O7S. The van der Waals surface area contributed by atoms with E-state index in [0.717, 1.165) is 17.0 Å². The molecule has 0 spiro atoms. The summed E-state index contributed by atoms with van der Waals surface area (Å²) in [5, 5.41) is 21.9. The van der Waals surface area contributed by atoms with Crippen molar-refractivity contribution in [3.63, 3.8) is 0 Å². The SMILES string of the molecule is CSCCCN1C(=O)C2C(c3cccc(OC(F)(F)F)c3)NC(CC(=O)O)(C(=O)O)C2C1=O. The number of amides is 2. The van der Waals surface area contributed by atoms with Crippen molar-refractivity contribution in [2.45, 2.75) is 30.8 Å². The van der Waals surface area contributed by atoms with E-state index in [1.807, 2.05) is 6.26 Å². The Labute approximate surface area is 190 Å². The fourth-order valence-corrected chi connectivity index (χ4v) is 4.93. The number of ether oxygens (including phenoxy) is 1. The number of imide groups is 1. The van der Waals surface area contributed by atoms with Crippen molar-refractivity contribution in [2.75, 3.05) is 18.6 Å². The Balaban J connectivity index is 2.06. The van der Waals surface area contributed by atoms with Crippen molar-refractivity contribution in [1.82, 2.24) is 10.2 Å². The van der Waals surface area contributed by atoms with E-state index in [1.165, 1.54) is 23.9 Å². The molecule has 0 aliphatic carbocycles. The largest absolute Gasteiger partial charge is 0.573 e. The molecular weight excluding hydrogens is 469 g/mol. The number of halogens is 3. The van der Waals surface area contributed by atoms with Crippen LogP contribution in [0.5, 0.6) is 5.75 Å². The van der Waals surface area contributed by atoms with Gasteiger partial charge in [-0.05, 0) is 36.1 Å². The lowest BCUT2D eigenvalue weighted by Gasteiger charge is -2.29. The molecule has 13 heteroatoms. The zero-order valence-electron chi connectivity index (χ0n) is 17.3. The van der Waals surface area contributed by atoms with Gasteiger partial charge < -0.3 is 14.9 Å². The van der Waals surface area contributed by atoms with E-state index < -0.39 is 65.7 Å². The van der Waals surface area contributed by atoms with Crippen LogP contribution in [0.1, 0.15) is 24.4 Å². The third-order valence-electron chi connectivity index (χ3n) is 5.74. The maximum atomic E-state index is 13.2. The number of hydrogen-bond acceptors (Lipinski definition) is 7. The molecule has 180 valence electrons. The third-order valence-corrected chi connectivity index (χ3v) is 6.44. The van der Waals surface area contributed by atoms with Crippen LogP contribution >= 0.6 is 11.8 Å². The van der Waals surface area contributed by atoms with Gasteiger partial charge in [-0.1, -0.05) is 12.1 Å². The first-order chi connectivity index (χ1) is 15.4. The van der Waals surface area contributed by atoms with Gasteiger partial charge in [-0.25, -0.2) is 0 Å². The quantitative estimate of drug-likeness (QED) is 0.350. The van der Waals surface area contributed by atoms with Crippen LogP contribution in [0.15, 0.2) is 24.3 Å². The van der Waals surface area contributed by atoms with Crippen LogP contribution in [-0.2, 0) is 19.2 Å². The minimum atomic E-state index is -4.98. The number of nitrogens with one attached hydrogen (secondary N) is 1. The maximum absolute atomic E-state index is 13.2. The number of fused-ring (bicyclic) bond motifs is 1. The molecule has 4 unspecified atom stereocenters. The molecule has 1 aromatic carbocycles. The number of thioether (sulfide) groups is 1. The summed E-state index contributed by atoms with van der Waals surface area (Å²) in [6.07, 6.45) is -3.70. The second-order valence-electron chi connectivity index (χ2n) is 7.77. The van der Waals surface area contributed by atoms with Crippen molar-refractivity contribution in [1.29, 1.82) is 0 Å². The fraction of sp³-hybridized carbons (Fsp3) is 0.500. The van der Waals surface area contributed by atoms with Crippen molar-refractivity contribution in [3.05, 3.63) is 29.8 Å². The normalized spacial score (nSPS) is 27.0. The van der Waals surface area contributed by atoms with Gasteiger partial charge in [0.05, 0.1) is 18.3 Å². The van der Waals surface area contributed by atoms with Gasteiger partial charge in [0.1, 0.15) is 11.3 Å². The maximum Gasteiger partial charge on any atom is 0.573 e. The van der Waals surface area contributed by atoms with Crippen molar-refractivity contribution < 1.29 is 47.3 Å². The number of benzene rings is 1. The summed E-state index contributed by atoms with van der Waals surface area (Å²) < 4.78 is 41.9. The molecule has 33 heavy (non-hydrogen) atoms. The van der Waals surface area contributed by atoms with Gasteiger partial charge in [0, 0.05) is 12.6 Å². The Morgan fingerprint density at radius 3 is 2.52 bits per heavy atom. The predicted octanol–water partition coefficient (Wildman–Crippen LogP) is 1.88. The van der Waals surface area contributed by atoms with Crippen LogP contribution in [0.2, 0.25) is 0 Å². The zero-order valence-corrected chi connectivity index (χ0v) is 18.1. The minimum Gasteiger partial charge on any atom is -0.481 e. The lowest BCUT2D eigenvalue weighted by atomic mass is 9.77. The molecule has 2 aliphatic rings. The summed E-state index contributed by atoms with van der Waals surface area (Å²) in [6, 6.07) is 3.37. The number of nitrogens with zero attached hydrogens (tertiary/aromatic N) is 1. The zero-order chi connectivity index (χ0) is 24.6. The molecule has 2 saturated heterocycles. The third kappa shape index (κ3) is 4.78. The molecule has 0 aromatic heterocycles. The van der Waals surface area contributed by atoms with E-state index in [1.54, 1.807) is 0 Å². The molecule has 0 radical (unpaired) electrons. The molecule has 0 bridgehead atoms. The van der Waals surface area contributed by atoms with Gasteiger partial charge in [-0.3, -0.25) is 29.4 Å². The highest BCUT2D eigenvalue weighted by Crippen LogP contribution is 2.50. The fourth-order valence-electron chi connectivity index (χ4n) is 4.52. The standard InChI is InChI=1S/C20H21F3N2O7S/c1-33-7-3-6-25-16(28)13-14(17(25)29)19(18(30)31,9-12(26)27)24-15(13)10-4-2-5-11(8-10)32-20(21,22)23/h2,4-5,8,13-15,24H,3,6-7,9H2,1H3,(H,26,27)(H,30,31). The summed E-state index contributed by atoms with van der Waals surface area (Å²) in [7, 11) is 0. The van der Waals surface area contributed by atoms with Gasteiger partial charge in [-0.2, -0.15) is 11.8 Å². The highest BCUT2D eigenvalue weighted by atomic mass is 32.2. The average Bonchev–Trinajstić information content (AvgIpc) is 3.16. The van der Waals surface area contributed by atoms with Crippen LogP contribution in [0.3, 0.4) is 0 Å². The Morgan fingerprint density at radius 1 is 1.24 bits per heavy atom. The van der Waals surface area contributed by atoms with E-state index in [9.17, 15) is 42.6 Å². The number of alkyl halides is 3. The van der Waals surface area contributed by atoms with Crippen LogP contribution < -0.4 is 10.1 Å². The Hall–Kier alpha value is -2.80. The van der Waals surface area contributed by atoms with Crippen molar-refractivity contribution >= 4 is 35.5 Å². The Bertz CT molecular complexity index is 973. The second kappa shape index (κ2) is 9.21. The summed E-state index contributed by atoms with van der Waals surface area (Å²) in [5.41, 5.74) is -2.25.